The monoisotopic (exact) mass is 402 g/mol. The molecule has 2 atom stereocenters. The number of carbonyl (C=O) groups excluding carboxylic acids is 2. The minimum atomic E-state index is -0.479. The maximum absolute atomic E-state index is 12.5. The van der Waals surface area contributed by atoms with Gasteiger partial charge in [-0.25, -0.2) is 0 Å². The lowest BCUT2D eigenvalue weighted by Gasteiger charge is -2.33. The molecule has 2 fully saturated rings. The zero-order valence-electron chi connectivity index (χ0n) is 14.3. The molecule has 0 spiro atoms. The van der Waals surface area contributed by atoms with E-state index in [-0.39, 0.29) is 41.2 Å². The van der Waals surface area contributed by atoms with Gasteiger partial charge in [-0.05, 0) is 38.1 Å². The summed E-state index contributed by atoms with van der Waals surface area (Å²) < 4.78 is 0. The Bertz CT molecular complexity index is 662. The smallest absolute Gasteiger partial charge is 0.324 e. The van der Waals surface area contributed by atoms with Crippen LogP contribution < -0.4 is 10.6 Å². The normalized spacial score (nSPS) is 22.5. The van der Waals surface area contributed by atoms with Crippen molar-refractivity contribution in [2.75, 3.05) is 26.2 Å². The average molecular weight is 403 g/mol. The average Bonchev–Trinajstić information content (AvgIpc) is 3.30. The van der Waals surface area contributed by atoms with E-state index in [1.165, 1.54) is 11.4 Å². The summed E-state index contributed by atoms with van der Waals surface area (Å²) in [6.07, 6.45) is 3.74. The van der Waals surface area contributed by atoms with E-state index in [1.54, 1.807) is 4.90 Å². The van der Waals surface area contributed by atoms with Crippen molar-refractivity contribution in [3.63, 3.8) is 0 Å². The van der Waals surface area contributed by atoms with E-state index >= 15 is 0 Å². The molecule has 10 heteroatoms. The van der Waals surface area contributed by atoms with E-state index in [0.29, 0.717) is 25.2 Å². The summed E-state index contributed by atoms with van der Waals surface area (Å²) in [5.41, 5.74) is 0.372. The maximum atomic E-state index is 12.5. The van der Waals surface area contributed by atoms with Crippen molar-refractivity contribution < 1.29 is 14.5 Å². The van der Waals surface area contributed by atoms with Crippen LogP contribution in [0.4, 0.5) is 5.00 Å². The predicted octanol–water partition coefficient (Wildman–Crippen LogP) is 1.80. The fourth-order valence-electron chi connectivity index (χ4n) is 3.41. The molecule has 2 aliphatic rings. The lowest BCUT2D eigenvalue weighted by atomic mass is 9.97. The highest BCUT2D eigenvalue weighted by Crippen LogP contribution is 2.25. The number of piperidine rings is 1. The molecule has 2 saturated heterocycles. The topological polar surface area (TPSA) is 105 Å². The van der Waals surface area contributed by atoms with E-state index in [9.17, 15) is 19.7 Å². The van der Waals surface area contributed by atoms with Crippen molar-refractivity contribution in [2.45, 2.75) is 31.7 Å². The standard InChI is InChI=1S/C16H22N4O4S.ClH/c21-15(13-4-1-5-17-13)18-8-11-3-2-6-19(9-11)16(22)12-7-14(20(23)24)25-10-12;/h7,10-11,13,17H,1-6,8-9H2,(H,18,21);1H. The van der Waals surface area contributed by atoms with E-state index < -0.39 is 4.92 Å². The summed E-state index contributed by atoms with van der Waals surface area (Å²) in [6.45, 7) is 2.67. The quantitative estimate of drug-likeness (QED) is 0.577. The third-order valence-corrected chi connectivity index (χ3v) is 5.64. The fourth-order valence-corrected chi connectivity index (χ4v) is 4.11. The molecule has 2 unspecified atom stereocenters. The molecular weight excluding hydrogens is 380 g/mol. The third kappa shape index (κ3) is 4.93. The highest BCUT2D eigenvalue weighted by atomic mass is 35.5. The summed E-state index contributed by atoms with van der Waals surface area (Å²) in [5.74, 6) is 0.0870. The SMILES string of the molecule is Cl.O=C(NCC1CCCN(C(=O)c2csc([N+](=O)[O-])c2)C1)C1CCCN1. The summed E-state index contributed by atoms with van der Waals surface area (Å²) in [5, 5.41) is 18.4. The summed E-state index contributed by atoms with van der Waals surface area (Å²) >= 11 is 0.969. The van der Waals surface area contributed by atoms with Gasteiger partial charge in [0.05, 0.1) is 16.5 Å². The molecule has 0 saturated carbocycles. The van der Waals surface area contributed by atoms with Crippen LogP contribution in [0.25, 0.3) is 0 Å². The Kier molecular flexibility index (Phi) is 7.36. The molecular formula is C16H23ClN4O4S. The van der Waals surface area contributed by atoms with Gasteiger partial charge in [0.2, 0.25) is 5.91 Å². The molecule has 1 aromatic heterocycles. The first-order valence-electron chi connectivity index (χ1n) is 8.58. The van der Waals surface area contributed by atoms with E-state index in [1.807, 2.05) is 0 Å². The number of likely N-dealkylation sites (tertiary alicyclic amines) is 1. The Hall–Kier alpha value is -1.71. The minimum Gasteiger partial charge on any atom is -0.354 e. The van der Waals surface area contributed by atoms with E-state index in [0.717, 1.165) is 43.6 Å². The number of nitro groups is 1. The largest absolute Gasteiger partial charge is 0.354 e. The highest BCUT2D eigenvalue weighted by molar-refractivity contribution is 7.13. The Morgan fingerprint density at radius 3 is 2.85 bits per heavy atom. The van der Waals surface area contributed by atoms with Crippen LogP contribution in [-0.4, -0.2) is 53.9 Å². The zero-order valence-corrected chi connectivity index (χ0v) is 15.9. The van der Waals surface area contributed by atoms with Crippen LogP contribution in [0.2, 0.25) is 0 Å². The second-order valence-corrected chi connectivity index (χ2v) is 7.47. The van der Waals surface area contributed by atoms with Crippen molar-refractivity contribution in [3.05, 3.63) is 27.1 Å². The number of halogens is 1. The van der Waals surface area contributed by atoms with Crippen LogP contribution in [0.1, 0.15) is 36.0 Å². The Morgan fingerprint density at radius 1 is 1.38 bits per heavy atom. The molecule has 3 rings (SSSR count). The summed E-state index contributed by atoms with van der Waals surface area (Å²) in [7, 11) is 0. The maximum Gasteiger partial charge on any atom is 0.324 e. The van der Waals surface area contributed by atoms with Crippen molar-refractivity contribution in [1.82, 2.24) is 15.5 Å². The first kappa shape index (κ1) is 20.6. The first-order chi connectivity index (χ1) is 12.0. The number of thiophene rings is 1. The number of amides is 2. The number of nitrogens with zero attached hydrogens (tertiary/aromatic N) is 2. The molecule has 1 aromatic rings. The number of nitrogens with one attached hydrogen (secondary N) is 2. The van der Waals surface area contributed by atoms with Crippen LogP contribution in [0.15, 0.2) is 11.4 Å². The van der Waals surface area contributed by atoms with Gasteiger partial charge in [0, 0.05) is 31.1 Å². The van der Waals surface area contributed by atoms with Crippen molar-refractivity contribution in [3.8, 4) is 0 Å². The lowest BCUT2D eigenvalue weighted by Crippen LogP contribution is -2.46. The van der Waals surface area contributed by atoms with Gasteiger partial charge in [0.1, 0.15) is 0 Å². The van der Waals surface area contributed by atoms with Gasteiger partial charge in [0.15, 0.2) is 0 Å². The number of rotatable bonds is 5. The third-order valence-electron chi connectivity index (χ3n) is 4.76. The van der Waals surface area contributed by atoms with Gasteiger partial charge >= 0.3 is 5.00 Å². The number of hydrogen-bond acceptors (Lipinski definition) is 6. The van der Waals surface area contributed by atoms with Gasteiger partial charge in [-0.15, -0.1) is 12.4 Å². The molecule has 0 bridgehead atoms. The Balaban J connectivity index is 0.00000243. The van der Waals surface area contributed by atoms with Gasteiger partial charge < -0.3 is 15.5 Å². The van der Waals surface area contributed by atoms with E-state index in [2.05, 4.69) is 10.6 Å². The van der Waals surface area contributed by atoms with Crippen LogP contribution in [0.5, 0.6) is 0 Å². The van der Waals surface area contributed by atoms with Gasteiger partial charge in [-0.1, -0.05) is 11.3 Å². The molecule has 3 heterocycles. The second-order valence-electron chi connectivity index (χ2n) is 6.58. The van der Waals surface area contributed by atoms with Gasteiger partial charge in [-0.3, -0.25) is 19.7 Å². The second kappa shape index (κ2) is 9.29. The molecule has 2 N–H and O–H groups in total. The van der Waals surface area contributed by atoms with Crippen molar-refractivity contribution in [2.24, 2.45) is 5.92 Å². The lowest BCUT2D eigenvalue weighted by molar-refractivity contribution is -0.380. The fraction of sp³-hybridized carbons (Fsp3) is 0.625. The van der Waals surface area contributed by atoms with Crippen molar-refractivity contribution in [1.29, 1.82) is 0 Å². The highest BCUT2D eigenvalue weighted by Gasteiger charge is 2.28. The predicted molar refractivity (Wildman–Crippen MR) is 101 cm³/mol. The molecule has 8 nitrogen and oxygen atoms in total. The molecule has 2 aliphatic heterocycles. The zero-order chi connectivity index (χ0) is 17.8. The van der Waals surface area contributed by atoms with Crippen LogP contribution in [0, 0.1) is 16.0 Å². The Labute approximate surface area is 161 Å². The molecule has 0 aromatic carbocycles. The van der Waals surface area contributed by atoms with E-state index in [4.69, 9.17) is 0 Å². The van der Waals surface area contributed by atoms with Gasteiger partial charge in [-0.2, -0.15) is 0 Å². The van der Waals surface area contributed by atoms with Crippen molar-refractivity contribution >= 4 is 40.6 Å². The Morgan fingerprint density at radius 2 is 2.19 bits per heavy atom. The number of carbonyl (C=O) groups is 2. The molecule has 0 radical (unpaired) electrons. The molecule has 26 heavy (non-hydrogen) atoms. The first-order valence-corrected chi connectivity index (χ1v) is 9.46. The van der Waals surface area contributed by atoms with Crippen LogP contribution in [0.3, 0.4) is 0 Å². The molecule has 144 valence electrons. The summed E-state index contributed by atoms with van der Waals surface area (Å²) in [4.78, 5) is 36.6. The molecule has 2 amide bonds. The van der Waals surface area contributed by atoms with Crippen LogP contribution in [-0.2, 0) is 4.79 Å². The van der Waals surface area contributed by atoms with Gasteiger partial charge in [0.25, 0.3) is 5.91 Å². The summed E-state index contributed by atoms with van der Waals surface area (Å²) in [6, 6.07) is 1.25. The molecule has 0 aliphatic carbocycles. The minimum absolute atomic E-state index is 0. The number of hydrogen-bond donors (Lipinski definition) is 2. The van der Waals surface area contributed by atoms with Crippen LogP contribution >= 0.6 is 23.7 Å².